The van der Waals surface area contributed by atoms with Crippen LogP contribution in [0.3, 0.4) is 0 Å². The fourth-order valence-electron chi connectivity index (χ4n) is 1.08. The molecule has 0 aliphatic heterocycles. The predicted octanol–water partition coefficient (Wildman–Crippen LogP) is 1.86. The lowest BCUT2D eigenvalue weighted by Crippen LogP contribution is -1.88. The second-order valence-corrected chi connectivity index (χ2v) is 2.57. The van der Waals surface area contributed by atoms with Crippen LogP contribution < -0.4 is 5.73 Å². The Bertz CT molecular complexity index is 397. The Labute approximate surface area is 68.0 Å². The van der Waals surface area contributed by atoms with E-state index >= 15 is 0 Å². The first-order valence-electron chi connectivity index (χ1n) is 3.49. The molecule has 0 bridgehead atoms. The van der Waals surface area contributed by atoms with Crippen LogP contribution in [0.15, 0.2) is 16.5 Å². The van der Waals surface area contributed by atoms with E-state index in [4.69, 9.17) is 10.2 Å². The zero-order chi connectivity index (χ0) is 8.72. The number of halogens is 1. The molecule has 0 saturated carbocycles. The second kappa shape index (κ2) is 2.20. The highest BCUT2D eigenvalue weighted by Gasteiger charge is 2.06. The number of oxazole rings is 1. The summed E-state index contributed by atoms with van der Waals surface area (Å²) in [5.41, 5.74) is 6.45. The van der Waals surface area contributed by atoms with Gasteiger partial charge < -0.3 is 10.2 Å². The van der Waals surface area contributed by atoms with Crippen LogP contribution in [0.1, 0.15) is 5.89 Å². The first-order valence-corrected chi connectivity index (χ1v) is 3.49. The maximum Gasteiger partial charge on any atom is 0.192 e. The number of aryl methyl sites for hydroxylation is 1. The van der Waals surface area contributed by atoms with E-state index < -0.39 is 5.82 Å². The molecule has 0 saturated heterocycles. The molecule has 2 N–H and O–H groups in total. The van der Waals surface area contributed by atoms with Crippen molar-refractivity contribution >= 4 is 16.8 Å². The molecule has 0 radical (unpaired) electrons. The molecular formula is C8H7FN2O. The van der Waals surface area contributed by atoms with Gasteiger partial charge in [-0.15, -0.1) is 0 Å². The highest BCUT2D eigenvalue weighted by Crippen LogP contribution is 2.20. The SMILES string of the molecule is Cc1nc2cc(N)c(F)cc2o1. The van der Waals surface area contributed by atoms with Crippen molar-refractivity contribution in [1.82, 2.24) is 4.98 Å². The topological polar surface area (TPSA) is 52.0 Å². The summed E-state index contributed by atoms with van der Waals surface area (Å²) < 4.78 is 17.9. The minimum atomic E-state index is -0.473. The minimum Gasteiger partial charge on any atom is -0.441 e. The summed E-state index contributed by atoms with van der Waals surface area (Å²) in [4.78, 5) is 4.00. The van der Waals surface area contributed by atoms with E-state index in [2.05, 4.69) is 4.98 Å². The standard InChI is InChI=1S/C8H7FN2O/c1-4-11-7-3-6(10)5(9)2-8(7)12-4/h2-3H,10H2,1H3. The quantitative estimate of drug-likeness (QED) is 0.607. The van der Waals surface area contributed by atoms with Gasteiger partial charge in [0.2, 0.25) is 0 Å². The number of rotatable bonds is 0. The molecule has 0 amide bonds. The molecule has 0 unspecified atom stereocenters. The molecule has 1 aromatic heterocycles. The van der Waals surface area contributed by atoms with Gasteiger partial charge >= 0.3 is 0 Å². The monoisotopic (exact) mass is 166 g/mol. The summed E-state index contributed by atoms with van der Waals surface area (Å²) in [6.07, 6.45) is 0. The molecular weight excluding hydrogens is 159 g/mol. The highest BCUT2D eigenvalue weighted by molar-refractivity contribution is 5.76. The maximum absolute atomic E-state index is 12.8. The van der Waals surface area contributed by atoms with Gasteiger partial charge in [0.05, 0.1) is 5.69 Å². The van der Waals surface area contributed by atoms with Crippen LogP contribution >= 0.6 is 0 Å². The van der Waals surface area contributed by atoms with Crippen molar-refractivity contribution in [2.24, 2.45) is 0 Å². The maximum atomic E-state index is 12.8. The van der Waals surface area contributed by atoms with Gasteiger partial charge in [-0.3, -0.25) is 0 Å². The lowest BCUT2D eigenvalue weighted by molar-refractivity contribution is 0.556. The summed E-state index contributed by atoms with van der Waals surface area (Å²) in [5.74, 6) is 0.0358. The predicted molar refractivity (Wildman–Crippen MR) is 43.1 cm³/mol. The Balaban J connectivity index is 2.83. The van der Waals surface area contributed by atoms with Gasteiger partial charge in [-0.05, 0) is 6.07 Å². The Morgan fingerprint density at radius 3 is 3.00 bits per heavy atom. The lowest BCUT2D eigenvalue weighted by Gasteiger charge is -1.92. The molecule has 0 fully saturated rings. The van der Waals surface area contributed by atoms with Crippen molar-refractivity contribution in [3.63, 3.8) is 0 Å². The van der Waals surface area contributed by atoms with Gasteiger partial charge in [0.15, 0.2) is 11.5 Å². The molecule has 4 heteroatoms. The van der Waals surface area contributed by atoms with E-state index in [-0.39, 0.29) is 5.69 Å². The van der Waals surface area contributed by atoms with Crippen molar-refractivity contribution < 1.29 is 8.81 Å². The molecule has 12 heavy (non-hydrogen) atoms. The summed E-state index contributed by atoms with van der Waals surface area (Å²) in [7, 11) is 0. The van der Waals surface area contributed by atoms with E-state index in [9.17, 15) is 4.39 Å². The van der Waals surface area contributed by atoms with Gasteiger partial charge in [0, 0.05) is 13.0 Å². The smallest absolute Gasteiger partial charge is 0.192 e. The summed E-state index contributed by atoms with van der Waals surface area (Å²) in [6.45, 7) is 1.70. The zero-order valence-corrected chi connectivity index (χ0v) is 6.47. The average molecular weight is 166 g/mol. The summed E-state index contributed by atoms with van der Waals surface area (Å²) >= 11 is 0. The van der Waals surface area contributed by atoms with E-state index in [1.54, 1.807) is 6.92 Å². The van der Waals surface area contributed by atoms with Gasteiger partial charge in [0.25, 0.3) is 0 Å². The molecule has 3 nitrogen and oxygen atoms in total. The fourth-order valence-corrected chi connectivity index (χ4v) is 1.08. The Morgan fingerprint density at radius 2 is 2.25 bits per heavy atom. The highest BCUT2D eigenvalue weighted by atomic mass is 19.1. The third kappa shape index (κ3) is 0.922. The van der Waals surface area contributed by atoms with Crippen molar-refractivity contribution in [3.8, 4) is 0 Å². The average Bonchev–Trinajstić information content (AvgIpc) is 2.30. The van der Waals surface area contributed by atoms with Crippen LogP contribution in [0.4, 0.5) is 10.1 Å². The van der Waals surface area contributed by atoms with Crippen LogP contribution in [0.25, 0.3) is 11.1 Å². The van der Waals surface area contributed by atoms with E-state index in [0.717, 1.165) is 0 Å². The molecule has 0 spiro atoms. The number of nitrogens with two attached hydrogens (primary N) is 1. The minimum absolute atomic E-state index is 0.0933. The summed E-state index contributed by atoms with van der Waals surface area (Å²) in [6, 6.07) is 2.70. The molecule has 0 aliphatic rings. The molecule has 0 aliphatic carbocycles. The molecule has 1 heterocycles. The number of benzene rings is 1. The number of anilines is 1. The molecule has 2 aromatic rings. The first kappa shape index (κ1) is 7.09. The fraction of sp³-hybridized carbons (Fsp3) is 0.125. The van der Waals surface area contributed by atoms with Gasteiger partial charge in [-0.2, -0.15) is 0 Å². The van der Waals surface area contributed by atoms with Crippen LogP contribution in [0, 0.1) is 12.7 Å². The Hall–Kier alpha value is -1.58. The normalized spacial score (nSPS) is 10.8. The molecule has 2 rings (SSSR count). The number of aromatic nitrogens is 1. The van der Waals surface area contributed by atoms with Crippen LogP contribution in [-0.4, -0.2) is 4.98 Å². The zero-order valence-electron chi connectivity index (χ0n) is 6.47. The number of hydrogen-bond donors (Lipinski definition) is 1. The number of nitrogens with zero attached hydrogens (tertiary/aromatic N) is 1. The number of hydrogen-bond acceptors (Lipinski definition) is 3. The molecule has 0 atom stereocenters. The Kier molecular flexibility index (Phi) is 1.30. The third-order valence-corrected chi connectivity index (χ3v) is 1.61. The van der Waals surface area contributed by atoms with Crippen molar-refractivity contribution in [2.75, 3.05) is 5.73 Å². The summed E-state index contributed by atoms with van der Waals surface area (Å²) in [5, 5.41) is 0. The number of nitrogen functional groups attached to an aromatic ring is 1. The van der Waals surface area contributed by atoms with Gasteiger partial charge in [0.1, 0.15) is 11.3 Å². The van der Waals surface area contributed by atoms with E-state index in [0.29, 0.717) is 17.0 Å². The second-order valence-electron chi connectivity index (χ2n) is 2.57. The van der Waals surface area contributed by atoms with Gasteiger partial charge in [-0.1, -0.05) is 0 Å². The van der Waals surface area contributed by atoms with Crippen LogP contribution in [0.2, 0.25) is 0 Å². The first-order chi connectivity index (χ1) is 5.66. The Morgan fingerprint density at radius 1 is 1.50 bits per heavy atom. The number of fused-ring (bicyclic) bond motifs is 1. The molecule has 1 aromatic carbocycles. The van der Waals surface area contributed by atoms with Crippen LogP contribution in [-0.2, 0) is 0 Å². The third-order valence-electron chi connectivity index (χ3n) is 1.61. The largest absolute Gasteiger partial charge is 0.441 e. The van der Waals surface area contributed by atoms with Gasteiger partial charge in [-0.25, -0.2) is 9.37 Å². The van der Waals surface area contributed by atoms with Crippen molar-refractivity contribution in [1.29, 1.82) is 0 Å². The van der Waals surface area contributed by atoms with Crippen molar-refractivity contribution in [3.05, 3.63) is 23.8 Å². The van der Waals surface area contributed by atoms with Crippen LogP contribution in [0.5, 0.6) is 0 Å². The lowest BCUT2D eigenvalue weighted by atomic mass is 10.3. The van der Waals surface area contributed by atoms with Crippen molar-refractivity contribution in [2.45, 2.75) is 6.92 Å². The molecule has 62 valence electrons. The van der Waals surface area contributed by atoms with E-state index in [1.165, 1.54) is 12.1 Å². The van der Waals surface area contributed by atoms with E-state index in [1.807, 2.05) is 0 Å².